The van der Waals surface area contributed by atoms with Crippen LogP contribution in [0.5, 0.6) is 0 Å². The highest BCUT2D eigenvalue weighted by Gasteiger charge is 2.13. The molecule has 0 saturated heterocycles. The maximum Gasteiger partial charge on any atom is 0.338 e. The highest BCUT2D eigenvalue weighted by molar-refractivity contribution is 5.90. The fourth-order valence-corrected chi connectivity index (χ4v) is 2.22. The van der Waals surface area contributed by atoms with Crippen LogP contribution in [-0.2, 0) is 4.74 Å². The molecule has 0 saturated carbocycles. The highest BCUT2D eigenvalue weighted by Crippen LogP contribution is 2.20. The average molecular weight is 304 g/mol. The summed E-state index contributed by atoms with van der Waals surface area (Å²) < 4.78 is 5.50. The van der Waals surface area contributed by atoms with E-state index in [1.54, 1.807) is 30.6 Å². The standard InChI is InChI=1S/C19H16N2O2/c1-14(15-6-3-2-4-7-15)23-19(22)17-10-8-16(9-11-17)18-20-12-5-13-21-18/h2-14H,1H3/t14-/m0/s1. The van der Waals surface area contributed by atoms with Gasteiger partial charge in [-0.3, -0.25) is 0 Å². The Morgan fingerprint density at radius 2 is 1.57 bits per heavy atom. The van der Waals surface area contributed by atoms with E-state index in [0.717, 1.165) is 11.1 Å². The summed E-state index contributed by atoms with van der Waals surface area (Å²) in [6.45, 7) is 1.86. The molecule has 0 bridgehead atoms. The molecule has 4 heteroatoms. The van der Waals surface area contributed by atoms with Crippen molar-refractivity contribution in [2.24, 2.45) is 0 Å². The van der Waals surface area contributed by atoms with Crippen LogP contribution in [0.2, 0.25) is 0 Å². The largest absolute Gasteiger partial charge is 0.454 e. The van der Waals surface area contributed by atoms with Crippen molar-refractivity contribution in [2.45, 2.75) is 13.0 Å². The fourth-order valence-electron chi connectivity index (χ4n) is 2.22. The molecule has 4 nitrogen and oxygen atoms in total. The number of nitrogens with zero attached hydrogens (tertiary/aromatic N) is 2. The predicted octanol–water partition coefficient (Wildman–Crippen LogP) is 4.06. The second-order valence-corrected chi connectivity index (χ2v) is 5.11. The monoisotopic (exact) mass is 304 g/mol. The zero-order valence-corrected chi connectivity index (χ0v) is 12.7. The van der Waals surface area contributed by atoms with Gasteiger partial charge < -0.3 is 4.74 Å². The molecule has 0 N–H and O–H groups in total. The van der Waals surface area contributed by atoms with Gasteiger partial charge in [0.05, 0.1) is 5.56 Å². The van der Waals surface area contributed by atoms with E-state index < -0.39 is 0 Å². The summed E-state index contributed by atoms with van der Waals surface area (Å²) in [7, 11) is 0. The van der Waals surface area contributed by atoms with Crippen LogP contribution in [0.4, 0.5) is 0 Å². The van der Waals surface area contributed by atoms with Crippen LogP contribution >= 0.6 is 0 Å². The minimum atomic E-state index is -0.345. The fraction of sp³-hybridized carbons (Fsp3) is 0.105. The Morgan fingerprint density at radius 3 is 2.22 bits per heavy atom. The van der Waals surface area contributed by atoms with Crippen molar-refractivity contribution in [2.75, 3.05) is 0 Å². The lowest BCUT2D eigenvalue weighted by atomic mass is 10.1. The molecule has 3 rings (SSSR count). The Bertz CT molecular complexity index is 771. The first-order valence-corrected chi connectivity index (χ1v) is 7.37. The van der Waals surface area contributed by atoms with Crippen molar-refractivity contribution in [3.8, 4) is 11.4 Å². The molecule has 1 heterocycles. The second-order valence-electron chi connectivity index (χ2n) is 5.11. The summed E-state index contributed by atoms with van der Waals surface area (Å²) in [5, 5.41) is 0. The molecule has 0 fully saturated rings. The summed E-state index contributed by atoms with van der Waals surface area (Å²) in [6.07, 6.45) is 3.08. The minimum Gasteiger partial charge on any atom is -0.454 e. The van der Waals surface area contributed by atoms with E-state index in [2.05, 4.69) is 9.97 Å². The van der Waals surface area contributed by atoms with Gasteiger partial charge in [0.15, 0.2) is 5.82 Å². The zero-order chi connectivity index (χ0) is 16.1. The first-order chi connectivity index (χ1) is 11.2. The van der Waals surface area contributed by atoms with Crippen LogP contribution in [0, 0.1) is 0 Å². The van der Waals surface area contributed by atoms with Crippen molar-refractivity contribution < 1.29 is 9.53 Å². The number of carbonyl (C=O) groups excluding carboxylic acids is 1. The van der Waals surface area contributed by atoms with Crippen molar-refractivity contribution >= 4 is 5.97 Å². The van der Waals surface area contributed by atoms with E-state index in [1.807, 2.05) is 49.4 Å². The Balaban J connectivity index is 1.71. The summed E-state index contributed by atoms with van der Waals surface area (Å²) >= 11 is 0. The summed E-state index contributed by atoms with van der Waals surface area (Å²) in [5.41, 5.74) is 2.33. The Hall–Kier alpha value is -3.01. The molecule has 0 spiro atoms. The third-order valence-corrected chi connectivity index (χ3v) is 3.50. The number of rotatable bonds is 4. The van der Waals surface area contributed by atoms with E-state index in [1.165, 1.54) is 0 Å². The number of carbonyl (C=O) groups is 1. The summed E-state index contributed by atoms with van der Waals surface area (Å²) in [5.74, 6) is 0.284. The number of aromatic nitrogens is 2. The quantitative estimate of drug-likeness (QED) is 0.682. The van der Waals surface area contributed by atoms with Crippen LogP contribution in [-0.4, -0.2) is 15.9 Å². The van der Waals surface area contributed by atoms with Gasteiger partial charge in [-0.1, -0.05) is 42.5 Å². The number of hydrogen-bond acceptors (Lipinski definition) is 4. The summed E-state index contributed by atoms with van der Waals surface area (Å²) in [6, 6.07) is 18.5. The molecule has 0 amide bonds. The van der Waals surface area contributed by atoms with Gasteiger partial charge in [-0.2, -0.15) is 0 Å². The third-order valence-electron chi connectivity index (χ3n) is 3.50. The molecule has 2 aromatic carbocycles. The van der Waals surface area contributed by atoms with Crippen LogP contribution in [0.3, 0.4) is 0 Å². The first-order valence-electron chi connectivity index (χ1n) is 7.37. The molecule has 1 atom stereocenters. The van der Waals surface area contributed by atoms with Gasteiger partial charge in [0.25, 0.3) is 0 Å². The van der Waals surface area contributed by atoms with Crippen molar-refractivity contribution in [3.05, 3.63) is 84.2 Å². The van der Waals surface area contributed by atoms with Crippen molar-refractivity contribution in [1.82, 2.24) is 9.97 Å². The Morgan fingerprint density at radius 1 is 0.913 bits per heavy atom. The lowest BCUT2D eigenvalue weighted by molar-refractivity contribution is 0.0338. The van der Waals surface area contributed by atoms with E-state index in [0.29, 0.717) is 11.4 Å². The van der Waals surface area contributed by atoms with Crippen LogP contribution in [0.1, 0.15) is 28.9 Å². The van der Waals surface area contributed by atoms with Crippen LogP contribution in [0.25, 0.3) is 11.4 Å². The lowest BCUT2D eigenvalue weighted by Gasteiger charge is -2.13. The maximum atomic E-state index is 12.2. The number of hydrogen-bond donors (Lipinski definition) is 0. The van der Waals surface area contributed by atoms with E-state index in [-0.39, 0.29) is 12.1 Å². The molecule has 0 aliphatic rings. The van der Waals surface area contributed by atoms with Gasteiger partial charge >= 0.3 is 5.97 Å². The van der Waals surface area contributed by atoms with Crippen molar-refractivity contribution in [1.29, 1.82) is 0 Å². The van der Waals surface area contributed by atoms with Gasteiger partial charge in [0.1, 0.15) is 6.10 Å². The first kappa shape index (κ1) is 14.9. The third kappa shape index (κ3) is 3.61. The van der Waals surface area contributed by atoms with Gasteiger partial charge in [-0.15, -0.1) is 0 Å². The smallest absolute Gasteiger partial charge is 0.338 e. The molecule has 0 aliphatic carbocycles. The molecule has 114 valence electrons. The van der Waals surface area contributed by atoms with Crippen LogP contribution in [0.15, 0.2) is 73.1 Å². The molecule has 0 aliphatic heterocycles. The number of ether oxygens (including phenoxy) is 1. The molecule has 0 radical (unpaired) electrons. The molecule has 0 unspecified atom stereocenters. The molecular weight excluding hydrogens is 288 g/mol. The van der Waals surface area contributed by atoms with Gasteiger partial charge in [-0.25, -0.2) is 14.8 Å². The zero-order valence-electron chi connectivity index (χ0n) is 12.7. The maximum absolute atomic E-state index is 12.2. The molecule has 1 aromatic heterocycles. The van der Waals surface area contributed by atoms with E-state index in [4.69, 9.17) is 4.74 Å². The summed E-state index contributed by atoms with van der Waals surface area (Å²) in [4.78, 5) is 20.6. The van der Waals surface area contributed by atoms with E-state index >= 15 is 0 Å². The minimum absolute atomic E-state index is 0.291. The Labute approximate surface area is 134 Å². The molecule has 23 heavy (non-hydrogen) atoms. The van der Waals surface area contributed by atoms with Crippen molar-refractivity contribution in [3.63, 3.8) is 0 Å². The Kier molecular flexibility index (Phi) is 4.43. The van der Waals surface area contributed by atoms with Gasteiger partial charge in [-0.05, 0) is 30.7 Å². The van der Waals surface area contributed by atoms with E-state index in [9.17, 15) is 4.79 Å². The lowest BCUT2D eigenvalue weighted by Crippen LogP contribution is -2.09. The van der Waals surface area contributed by atoms with Crippen LogP contribution < -0.4 is 0 Å². The number of esters is 1. The number of benzene rings is 2. The SMILES string of the molecule is C[C@H](OC(=O)c1ccc(-c2ncccn2)cc1)c1ccccc1. The molecule has 3 aromatic rings. The topological polar surface area (TPSA) is 52.1 Å². The average Bonchev–Trinajstić information content (AvgIpc) is 2.63. The normalized spacial score (nSPS) is 11.7. The predicted molar refractivity (Wildman–Crippen MR) is 87.7 cm³/mol. The van der Waals surface area contributed by atoms with Gasteiger partial charge in [0.2, 0.25) is 0 Å². The highest BCUT2D eigenvalue weighted by atomic mass is 16.5. The van der Waals surface area contributed by atoms with Gasteiger partial charge in [0, 0.05) is 18.0 Å². The molecular formula is C19H16N2O2. The second kappa shape index (κ2) is 6.83.